The van der Waals surface area contributed by atoms with Crippen molar-refractivity contribution < 1.29 is 9.63 Å². The Morgan fingerprint density at radius 2 is 2.13 bits per heavy atom. The van der Waals surface area contributed by atoms with Crippen LogP contribution in [0, 0.1) is 5.92 Å². The largest absolute Gasteiger partial charge is 0.393 e. The van der Waals surface area contributed by atoms with Gasteiger partial charge >= 0.3 is 0 Å². The van der Waals surface area contributed by atoms with Crippen LogP contribution in [0.5, 0.6) is 0 Å². The Bertz CT molecular complexity index is 597. The van der Waals surface area contributed by atoms with E-state index in [1.165, 1.54) is 5.56 Å². The standard InChI is InChI=1S/C18H25N3O2/c1-14(22)16-8-5-11-21(12-16)13-18-19-17(20-23-18)10-9-15-6-3-2-4-7-15/h2-4,6-7,14,16,22H,5,8-13H2,1H3. The quantitative estimate of drug-likeness (QED) is 0.887. The van der Waals surface area contributed by atoms with Crippen molar-refractivity contribution >= 4 is 0 Å². The van der Waals surface area contributed by atoms with Gasteiger partial charge in [0.2, 0.25) is 5.89 Å². The summed E-state index contributed by atoms with van der Waals surface area (Å²) in [6.07, 6.45) is 3.68. The maximum absolute atomic E-state index is 9.77. The molecule has 5 heteroatoms. The van der Waals surface area contributed by atoms with Gasteiger partial charge in [0, 0.05) is 13.0 Å². The minimum absolute atomic E-state index is 0.248. The molecule has 0 aliphatic carbocycles. The molecule has 1 aliphatic heterocycles. The molecule has 0 radical (unpaired) electrons. The van der Waals surface area contributed by atoms with Gasteiger partial charge in [0.25, 0.3) is 0 Å². The molecule has 3 rings (SSSR count). The summed E-state index contributed by atoms with van der Waals surface area (Å²) < 4.78 is 5.39. The van der Waals surface area contributed by atoms with Crippen LogP contribution in [-0.4, -0.2) is 39.3 Å². The van der Waals surface area contributed by atoms with Gasteiger partial charge in [-0.25, -0.2) is 0 Å². The molecule has 1 N–H and O–H groups in total. The Hall–Kier alpha value is -1.72. The predicted molar refractivity (Wildman–Crippen MR) is 87.8 cm³/mol. The molecular formula is C18H25N3O2. The van der Waals surface area contributed by atoms with Crippen molar-refractivity contribution in [1.82, 2.24) is 15.0 Å². The molecule has 1 aromatic carbocycles. The Morgan fingerprint density at radius 3 is 2.91 bits per heavy atom. The predicted octanol–water partition coefficient (Wildman–Crippen LogP) is 2.45. The summed E-state index contributed by atoms with van der Waals surface area (Å²) in [5, 5.41) is 13.9. The van der Waals surface area contributed by atoms with Gasteiger partial charge in [0.1, 0.15) is 0 Å². The molecular weight excluding hydrogens is 290 g/mol. The fourth-order valence-electron chi connectivity index (χ4n) is 3.18. The van der Waals surface area contributed by atoms with Gasteiger partial charge in [0.15, 0.2) is 5.82 Å². The number of benzene rings is 1. The third-order valence-corrected chi connectivity index (χ3v) is 4.57. The van der Waals surface area contributed by atoms with Crippen LogP contribution < -0.4 is 0 Å². The molecule has 0 spiro atoms. The number of hydrogen-bond donors (Lipinski definition) is 1. The molecule has 1 aliphatic rings. The highest BCUT2D eigenvalue weighted by Crippen LogP contribution is 2.21. The lowest BCUT2D eigenvalue weighted by molar-refractivity contribution is 0.0556. The van der Waals surface area contributed by atoms with Crippen molar-refractivity contribution in [1.29, 1.82) is 0 Å². The van der Waals surface area contributed by atoms with Gasteiger partial charge in [-0.05, 0) is 44.2 Å². The molecule has 0 saturated carbocycles. The van der Waals surface area contributed by atoms with Crippen molar-refractivity contribution in [2.75, 3.05) is 13.1 Å². The van der Waals surface area contributed by atoms with E-state index in [4.69, 9.17) is 4.52 Å². The molecule has 5 nitrogen and oxygen atoms in total. The zero-order valence-electron chi connectivity index (χ0n) is 13.7. The summed E-state index contributed by atoms with van der Waals surface area (Å²) in [6, 6.07) is 10.3. The van der Waals surface area contributed by atoms with Crippen LogP contribution in [0.4, 0.5) is 0 Å². The summed E-state index contributed by atoms with van der Waals surface area (Å²) >= 11 is 0. The van der Waals surface area contributed by atoms with Crippen LogP contribution in [0.1, 0.15) is 37.0 Å². The molecule has 2 atom stereocenters. The van der Waals surface area contributed by atoms with Gasteiger partial charge in [-0.1, -0.05) is 35.5 Å². The summed E-state index contributed by atoms with van der Waals surface area (Å²) in [4.78, 5) is 6.81. The molecule has 1 fully saturated rings. The van der Waals surface area contributed by atoms with Gasteiger partial charge in [-0.3, -0.25) is 4.90 Å². The number of aryl methyl sites for hydroxylation is 2. The lowest BCUT2D eigenvalue weighted by Crippen LogP contribution is -2.39. The van der Waals surface area contributed by atoms with E-state index in [2.05, 4.69) is 27.2 Å². The molecule has 2 heterocycles. The third-order valence-electron chi connectivity index (χ3n) is 4.57. The van der Waals surface area contributed by atoms with Gasteiger partial charge in [-0.15, -0.1) is 0 Å². The first kappa shape index (κ1) is 16.1. The number of aliphatic hydroxyl groups is 1. The number of piperidine rings is 1. The molecule has 2 unspecified atom stereocenters. The summed E-state index contributed by atoms with van der Waals surface area (Å²) in [6.45, 7) is 4.49. The highest BCUT2D eigenvalue weighted by atomic mass is 16.5. The van der Waals surface area contributed by atoms with E-state index >= 15 is 0 Å². The van der Waals surface area contributed by atoms with Crippen LogP contribution >= 0.6 is 0 Å². The average molecular weight is 315 g/mol. The third kappa shape index (κ3) is 4.62. The average Bonchev–Trinajstić information content (AvgIpc) is 3.01. The Balaban J connectivity index is 1.51. The fourth-order valence-corrected chi connectivity index (χ4v) is 3.18. The van der Waals surface area contributed by atoms with Crippen LogP contribution in [-0.2, 0) is 19.4 Å². The lowest BCUT2D eigenvalue weighted by Gasteiger charge is -2.33. The molecule has 2 aromatic rings. The van der Waals surface area contributed by atoms with Crippen LogP contribution in [0.15, 0.2) is 34.9 Å². The first-order chi connectivity index (χ1) is 11.2. The second-order valence-electron chi connectivity index (χ2n) is 6.47. The van der Waals surface area contributed by atoms with Crippen molar-refractivity contribution in [3.05, 3.63) is 47.6 Å². The van der Waals surface area contributed by atoms with Gasteiger partial charge in [0.05, 0.1) is 12.6 Å². The first-order valence-corrected chi connectivity index (χ1v) is 8.46. The highest BCUT2D eigenvalue weighted by molar-refractivity contribution is 5.15. The number of likely N-dealkylation sites (tertiary alicyclic amines) is 1. The molecule has 23 heavy (non-hydrogen) atoms. The topological polar surface area (TPSA) is 62.4 Å². The van der Waals surface area contributed by atoms with E-state index in [-0.39, 0.29) is 6.10 Å². The molecule has 0 bridgehead atoms. The first-order valence-electron chi connectivity index (χ1n) is 8.46. The number of nitrogens with zero attached hydrogens (tertiary/aromatic N) is 3. The minimum atomic E-state index is -0.248. The van der Waals surface area contributed by atoms with E-state index in [1.54, 1.807) is 0 Å². The fraction of sp³-hybridized carbons (Fsp3) is 0.556. The van der Waals surface area contributed by atoms with Crippen molar-refractivity contribution in [2.45, 2.75) is 45.3 Å². The van der Waals surface area contributed by atoms with E-state index in [0.29, 0.717) is 18.4 Å². The Kier molecular flexibility index (Phi) is 5.41. The second-order valence-corrected chi connectivity index (χ2v) is 6.47. The Labute approximate surface area is 137 Å². The van der Waals surface area contributed by atoms with Crippen molar-refractivity contribution in [2.24, 2.45) is 5.92 Å². The number of aromatic nitrogens is 2. The smallest absolute Gasteiger partial charge is 0.240 e. The monoisotopic (exact) mass is 315 g/mol. The lowest BCUT2D eigenvalue weighted by atomic mass is 9.93. The van der Waals surface area contributed by atoms with Crippen LogP contribution in [0.2, 0.25) is 0 Å². The zero-order valence-corrected chi connectivity index (χ0v) is 13.7. The molecule has 0 amide bonds. The SMILES string of the molecule is CC(O)C1CCCN(Cc2nc(CCc3ccccc3)no2)C1. The molecule has 1 saturated heterocycles. The van der Waals surface area contributed by atoms with Crippen LogP contribution in [0.25, 0.3) is 0 Å². The summed E-state index contributed by atoms with van der Waals surface area (Å²) in [5.74, 6) is 1.80. The second kappa shape index (κ2) is 7.70. The zero-order chi connectivity index (χ0) is 16.1. The maximum atomic E-state index is 9.77. The Morgan fingerprint density at radius 1 is 1.30 bits per heavy atom. The van der Waals surface area contributed by atoms with E-state index in [0.717, 1.165) is 44.6 Å². The number of hydrogen-bond acceptors (Lipinski definition) is 5. The minimum Gasteiger partial charge on any atom is -0.393 e. The number of aliphatic hydroxyl groups excluding tert-OH is 1. The van der Waals surface area contributed by atoms with Crippen LogP contribution in [0.3, 0.4) is 0 Å². The maximum Gasteiger partial charge on any atom is 0.240 e. The molecule has 124 valence electrons. The van der Waals surface area contributed by atoms with E-state index in [9.17, 15) is 5.11 Å². The van der Waals surface area contributed by atoms with E-state index in [1.807, 2.05) is 25.1 Å². The summed E-state index contributed by atoms with van der Waals surface area (Å²) in [7, 11) is 0. The van der Waals surface area contributed by atoms with Gasteiger partial charge < -0.3 is 9.63 Å². The normalized spacial score (nSPS) is 20.5. The van der Waals surface area contributed by atoms with E-state index < -0.39 is 0 Å². The van der Waals surface area contributed by atoms with Gasteiger partial charge in [-0.2, -0.15) is 4.98 Å². The number of rotatable bonds is 6. The summed E-state index contributed by atoms with van der Waals surface area (Å²) in [5.41, 5.74) is 1.29. The van der Waals surface area contributed by atoms with Crippen molar-refractivity contribution in [3.8, 4) is 0 Å². The molecule has 1 aromatic heterocycles. The highest BCUT2D eigenvalue weighted by Gasteiger charge is 2.24. The van der Waals surface area contributed by atoms with Crippen molar-refractivity contribution in [3.63, 3.8) is 0 Å².